The molecule has 0 fully saturated rings. The van der Waals surface area contributed by atoms with Gasteiger partial charge < -0.3 is 0 Å². The Kier molecular flexibility index (Phi) is 2.52. The van der Waals surface area contributed by atoms with Gasteiger partial charge in [0.25, 0.3) is 0 Å². The number of hydrogen-bond acceptors (Lipinski definition) is 3. The van der Waals surface area contributed by atoms with Crippen LogP contribution in [0, 0.1) is 6.92 Å². The highest BCUT2D eigenvalue weighted by molar-refractivity contribution is 6.36. The maximum Gasteiger partial charge on any atom is 0.182 e. The zero-order valence-electron chi connectivity index (χ0n) is 10.1. The molecule has 2 heterocycles. The molecule has 2 aromatic heterocycles. The molecule has 3 rings (SSSR count). The summed E-state index contributed by atoms with van der Waals surface area (Å²) in [7, 11) is 1.84. The second-order valence-corrected chi connectivity index (χ2v) is 4.51. The average Bonchev–Trinajstić information content (AvgIpc) is 2.73. The van der Waals surface area contributed by atoms with Gasteiger partial charge in [-0.2, -0.15) is 10.2 Å². The third-order valence-electron chi connectivity index (χ3n) is 2.90. The molecule has 4 nitrogen and oxygen atoms in total. The first-order valence-electron chi connectivity index (χ1n) is 5.59. The third kappa shape index (κ3) is 1.57. The van der Waals surface area contributed by atoms with E-state index in [1.54, 1.807) is 4.68 Å². The summed E-state index contributed by atoms with van der Waals surface area (Å²) in [4.78, 5) is 0. The molecule has 0 bridgehead atoms. The van der Waals surface area contributed by atoms with Crippen molar-refractivity contribution in [2.24, 2.45) is 7.05 Å². The van der Waals surface area contributed by atoms with E-state index < -0.39 is 0 Å². The van der Waals surface area contributed by atoms with Crippen molar-refractivity contribution in [2.75, 3.05) is 0 Å². The quantitative estimate of drug-likeness (QED) is 0.674. The Morgan fingerprint density at radius 3 is 2.56 bits per heavy atom. The fraction of sp³-hybridized carbons (Fsp3) is 0.154. The van der Waals surface area contributed by atoms with Crippen molar-refractivity contribution in [3.63, 3.8) is 0 Å². The Balaban J connectivity index is 2.41. The van der Waals surface area contributed by atoms with Gasteiger partial charge in [-0.3, -0.25) is 0 Å². The van der Waals surface area contributed by atoms with Crippen LogP contribution in [0.2, 0.25) is 5.02 Å². The highest BCUT2D eigenvalue weighted by Crippen LogP contribution is 2.32. The van der Waals surface area contributed by atoms with Crippen LogP contribution in [0.5, 0.6) is 0 Å². The minimum atomic E-state index is 0.618. The van der Waals surface area contributed by atoms with Crippen LogP contribution in [0.1, 0.15) is 5.69 Å². The fourth-order valence-corrected chi connectivity index (χ4v) is 2.19. The number of fused-ring (bicyclic) bond motifs is 1. The van der Waals surface area contributed by atoms with Crippen LogP contribution >= 0.6 is 11.6 Å². The molecule has 0 saturated carbocycles. The first kappa shape index (κ1) is 11.2. The number of halogens is 1. The lowest BCUT2D eigenvalue weighted by Crippen LogP contribution is -1.95. The van der Waals surface area contributed by atoms with Gasteiger partial charge in [0.1, 0.15) is 5.69 Å². The van der Waals surface area contributed by atoms with Gasteiger partial charge in [0.05, 0.1) is 16.1 Å². The lowest BCUT2D eigenvalue weighted by molar-refractivity contribution is 0.779. The molecule has 1 aromatic carbocycles. The van der Waals surface area contributed by atoms with E-state index in [1.807, 2.05) is 44.3 Å². The summed E-state index contributed by atoms with van der Waals surface area (Å²) >= 11 is 6.34. The van der Waals surface area contributed by atoms with Crippen molar-refractivity contribution in [1.82, 2.24) is 20.0 Å². The second kappa shape index (κ2) is 4.07. The largest absolute Gasteiger partial charge is 0.248 e. The Morgan fingerprint density at radius 1 is 1.11 bits per heavy atom. The topological polar surface area (TPSA) is 43.6 Å². The van der Waals surface area contributed by atoms with Crippen molar-refractivity contribution < 1.29 is 0 Å². The summed E-state index contributed by atoms with van der Waals surface area (Å²) in [5.74, 6) is 0. The summed E-state index contributed by atoms with van der Waals surface area (Å²) in [6.07, 6.45) is 0. The predicted molar refractivity (Wildman–Crippen MR) is 71.5 cm³/mol. The highest BCUT2D eigenvalue weighted by atomic mass is 35.5. The van der Waals surface area contributed by atoms with Crippen LogP contribution in [0.25, 0.3) is 22.3 Å². The molecular formula is C13H11ClN4. The van der Waals surface area contributed by atoms with E-state index in [0.717, 1.165) is 16.6 Å². The molecule has 0 spiro atoms. The Bertz CT molecular complexity index is 719. The summed E-state index contributed by atoms with van der Waals surface area (Å²) in [5.41, 5.74) is 3.28. The van der Waals surface area contributed by atoms with Gasteiger partial charge in [0, 0.05) is 12.6 Å². The van der Waals surface area contributed by atoms with Crippen LogP contribution in [-0.2, 0) is 7.05 Å². The van der Waals surface area contributed by atoms with Crippen molar-refractivity contribution in [3.8, 4) is 11.3 Å². The molecule has 0 unspecified atom stereocenters. The minimum absolute atomic E-state index is 0.618. The number of hydrogen-bond donors (Lipinski definition) is 0. The molecule has 0 amide bonds. The predicted octanol–water partition coefficient (Wildman–Crippen LogP) is 2.99. The van der Waals surface area contributed by atoms with Crippen molar-refractivity contribution in [3.05, 3.63) is 41.0 Å². The highest BCUT2D eigenvalue weighted by Gasteiger charge is 2.16. The molecule has 0 N–H and O–H groups in total. The standard InChI is InChI=1S/C13H11ClN4/c1-8-11(14)10-12(9-6-4-3-5-7-9)17-18(2)13(10)16-15-8/h3-7H,1-2H3. The molecular weight excluding hydrogens is 248 g/mol. The smallest absolute Gasteiger partial charge is 0.182 e. The minimum Gasteiger partial charge on any atom is -0.248 e. The van der Waals surface area contributed by atoms with E-state index >= 15 is 0 Å². The van der Waals surface area contributed by atoms with Gasteiger partial charge in [0.15, 0.2) is 5.65 Å². The lowest BCUT2D eigenvalue weighted by atomic mass is 10.1. The molecule has 3 aromatic rings. The maximum atomic E-state index is 6.34. The third-order valence-corrected chi connectivity index (χ3v) is 3.36. The normalized spacial score (nSPS) is 11.1. The number of aromatic nitrogens is 4. The molecule has 0 atom stereocenters. The van der Waals surface area contributed by atoms with Gasteiger partial charge in [-0.1, -0.05) is 41.9 Å². The molecule has 18 heavy (non-hydrogen) atoms. The van der Waals surface area contributed by atoms with E-state index in [-0.39, 0.29) is 0 Å². The maximum absolute atomic E-state index is 6.34. The Morgan fingerprint density at radius 2 is 1.83 bits per heavy atom. The average molecular weight is 259 g/mol. The fourth-order valence-electron chi connectivity index (χ4n) is 1.98. The van der Waals surface area contributed by atoms with E-state index in [1.165, 1.54) is 0 Å². The van der Waals surface area contributed by atoms with Crippen LogP contribution in [-0.4, -0.2) is 20.0 Å². The zero-order valence-corrected chi connectivity index (χ0v) is 10.8. The second-order valence-electron chi connectivity index (χ2n) is 4.14. The van der Waals surface area contributed by atoms with Crippen molar-refractivity contribution in [2.45, 2.75) is 6.92 Å². The molecule has 0 aliphatic heterocycles. The molecule has 0 saturated heterocycles. The van der Waals surface area contributed by atoms with Gasteiger partial charge in [-0.25, -0.2) is 4.68 Å². The number of aryl methyl sites for hydroxylation is 2. The number of rotatable bonds is 1. The number of benzene rings is 1. The molecule has 90 valence electrons. The first-order chi connectivity index (χ1) is 8.68. The van der Waals surface area contributed by atoms with E-state index in [9.17, 15) is 0 Å². The van der Waals surface area contributed by atoms with Gasteiger partial charge in [-0.05, 0) is 6.92 Å². The monoisotopic (exact) mass is 258 g/mol. The van der Waals surface area contributed by atoms with E-state index in [4.69, 9.17) is 11.6 Å². The number of nitrogens with zero attached hydrogens (tertiary/aromatic N) is 4. The van der Waals surface area contributed by atoms with E-state index in [0.29, 0.717) is 16.4 Å². The van der Waals surface area contributed by atoms with Gasteiger partial charge in [-0.15, -0.1) is 5.10 Å². The Hall–Kier alpha value is -1.94. The summed E-state index contributed by atoms with van der Waals surface area (Å²) in [6.45, 7) is 1.84. The summed E-state index contributed by atoms with van der Waals surface area (Å²) in [6, 6.07) is 9.94. The molecule has 0 aliphatic carbocycles. The van der Waals surface area contributed by atoms with Crippen molar-refractivity contribution in [1.29, 1.82) is 0 Å². The first-order valence-corrected chi connectivity index (χ1v) is 5.97. The van der Waals surface area contributed by atoms with Crippen LogP contribution in [0.4, 0.5) is 0 Å². The molecule has 0 radical (unpaired) electrons. The van der Waals surface area contributed by atoms with Crippen molar-refractivity contribution >= 4 is 22.6 Å². The van der Waals surface area contributed by atoms with Gasteiger partial charge in [0.2, 0.25) is 0 Å². The van der Waals surface area contributed by atoms with Crippen LogP contribution in [0.15, 0.2) is 30.3 Å². The Labute approximate surface area is 109 Å². The SMILES string of the molecule is Cc1nnc2c(c(-c3ccccc3)nn2C)c1Cl. The van der Waals surface area contributed by atoms with Crippen LogP contribution < -0.4 is 0 Å². The van der Waals surface area contributed by atoms with Gasteiger partial charge >= 0.3 is 0 Å². The van der Waals surface area contributed by atoms with E-state index in [2.05, 4.69) is 15.3 Å². The van der Waals surface area contributed by atoms with Crippen LogP contribution in [0.3, 0.4) is 0 Å². The molecule has 5 heteroatoms. The summed E-state index contributed by atoms with van der Waals surface area (Å²) < 4.78 is 1.70. The lowest BCUT2D eigenvalue weighted by Gasteiger charge is -2.00. The molecule has 0 aliphatic rings. The summed E-state index contributed by atoms with van der Waals surface area (Å²) in [5, 5.41) is 14.2. The zero-order chi connectivity index (χ0) is 12.7.